The highest BCUT2D eigenvalue weighted by Gasteiger charge is 2.60. The van der Waals surface area contributed by atoms with E-state index in [9.17, 15) is 42.0 Å². The molecule has 4 fully saturated rings. The highest BCUT2D eigenvalue weighted by Crippen LogP contribution is 2.51. The number of carbonyl (C=O) groups excluding carboxylic acids is 4. The van der Waals surface area contributed by atoms with E-state index in [1.165, 1.54) is 29.2 Å². The summed E-state index contributed by atoms with van der Waals surface area (Å²) in [5, 5.41) is 17.3. The van der Waals surface area contributed by atoms with Crippen LogP contribution in [0.4, 0.5) is 40.3 Å². The highest BCUT2D eigenvalue weighted by molar-refractivity contribution is 7.81. The standard InChI is InChI=1S/C43H47F4N7O5S/c1-3-27-21-31(54-41(60)53(40(58)42(54)16-4-17-42)30-7-5-28(24-48)32(23-30)43(45,46)47)8-11-36(27)59-20-15-26-13-18-52(19-14-26)25(2)38(56)50-35-22-29(6-9-33(35)44)49-34-10-12-37(55)51-39(34)57/h5-9,11,21-23,25-26,34,41,49,60H,3-4,10,12-20H2,1-2H3,(H,50,56)(H,51,55,57)/t25-,34-,41+/m1/s1. The van der Waals surface area contributed by atoms with Crippen LogP contribution in [0.2, 0.25) is 0 Å². The topological polar surface area (TPSA) is 147 Å². The van der Waals surface area contributed by atoms with Crippen LogP contribution in [0.3, 0.4) is 0 Å². The number of piperidine rings is 2. The molecule has 3 aromatic rings. The zero-order chi connectivity index (χ0) is 42.9. The third kappa shape index (κ3) is 8.49. The van der Waals surface area contributed by atoms with E-state index in [0.29, 0.717) is 68.4 Å². The Morgan fingerprint density at radius 2 is 1.78 bits per heavy atom. The molecule has 0 unspecified atom stereocenters. The fourth-order valence-corrected chi connectivity index (χ4v) is 9.22. The van der Waals surface area contributed by atoms with Gasteiger partial charge in [0.2, 0.25) is 17.7 Å². The lowest BCUT2D eigenvalue weighted by Gasteiger charge is -2.44. The first-order valence-electron chi connectivity index (χ1n) is 20.3. The number of nitrogens with zero attached hydrogens (tertiary/aromatic N) is 4. The number of rotatable bonds is 12. The minimum Gasteiger partial charge on any atom is -0.493 e. The van der Waals surface area contributed by atoms with E-state index < -0.39 is 52.1 Å². The second kappa shape index (κ2) is 17.3. The number of anilines is 4. The molecule has 0 radical (unpaired) electrons. The summed E-state index contributed by atoms with van der Waals surface area (Å²) >= 11 is 4.80. The molecule has 17 heteroatoms. The molecular formula is C43H47F4N7O5S. The molecule has 3 atom stereocenters. The smallest absolute Gasteiger partial charge is 0.417 e. The Bertz CT molecular complexity index is 2200. The van der Waals surface area contributed by atoms with E-state index in [0.717, 1.165) is 43.4 Å². The number of thiol groups is 1. The van der Waals surface area contributed by atoms with Gasteiger partial charge in [-0.3, -0.25) is 34.3 Å². The first kappa shape index (κ1) is 42.8. The van der Waals surface area contributed by atoms with E-state index in [-0.39, 0.29) is 35.5 Å². The number of carbonyl (C=O) groups is 4. The van der Waals surface area contributed by atoms with Crippen LogP contribution in [0.1, 0.15) is 81.9 Å². The maximum Gasteiger partial charge on any atom is 0.417 e. The number of alkyl halides is 3. The normalized spacial score (nSPS) is 21.3. The molecule has 7 rings (SSSR count). The summed E-state index contributed by atoms with van der Waals surface area (Å²) in [6.07, 6.45) is 0.680. The van der Waals surface area contributed by atoms with E-state index in [4.69, 9.17) is 17.4 Å². The summed E-state index contributed by atoms with van der Waals surface area (Å²) in [6, 6.07) is 13.5. The molecule has 12 nitrogen and oxygen atoms in total. The Morgan fingerprint density at radius 1 is 1.05 bits per heavy atom. The highest BCUT2D eigenvalue weighted by atomic mass is 32.1. The lowest BCUT2D eigenvalue weighted by atomic mass is 9.75. The molecule has 4 amide bonds. The van der Waals surface area contributed by atoms with Gasteiger partial charge in [0.25, 0.3) is 5.91 Å². The van der Waals surface area contributed by atoms with Crippen molar-refractivity contribution in [2.45, 2.75) is 101 Å². The number of hydrogen-bond acceptors (Lipinski definition) is 10. The third-order valence-corrected chi connectivity index (χ3v) is 12.8. The van der Waals surface area contributed by atoms with Crippen LogP contribution < -0.4 is 30.5 Å². The Hall–Kier alpha value is -5.34. The van der Waals surface area contributed by atoms with Crippen molar-refractivity contribution in [2.75, 3.05) is 40.1 Å². The molecule has 0 aromatic heterocycles. The van der Waals surface area contributed by atoms with Crippen LogP contribution in [0.25, 0.3) is 0 Å². The molecule has 3 heterocycles. The average Bonchev–Trinajstić information content (AvgIpc) is 3.45. The quantitative estimate of drug-likeness (QED) is 0.0861. The van der Waals surface area contributed by atoms with Crippen LogP contribution in [0.5, 0.6) is 5.75 Å². The van der Waals surface area contributed by atoms with Crippen molar-refractivity contribution in [1.29, 1.82) is 5.26 Å². The molecule has 3 saturated heterocycles. The molecule has 3 N–H and O–H groups in total. The first-order valence-corrected chi connectivity index (χ1v) is 20.8. The summed E-state index contributed by atoms with van der Waals surface area (Å²) in [7, 11) is 0. The number of aryl methyl sites for hydroxylation is 1. The number of hydrogen-bond donors (Lipinski definition) is 4. The van der Waals surface area contributed by atoms with E-state index in [2.05, 4.69) is 20.9 Å². The van der Waals surface area contributed by atoms with Crippen molar-refractivity contribution >= 4 is 59.0 Å². The summed E-state index contributed by atoms with van der Waals surface area (Å²) in [4.78, 5) is 56.1. The van der Waals surface area contributed by atoms with Gasteiger partial charge in [-0.05, 0) is 137 Å². The van der Waals surface area contributed by atoms with Crippen molar-refractivity contribution in [3.8, 4) is 11.8 Å². The number of imide groups is 1. The Balaban J connectivity index is 0.928. The lowest BCUT2D eigenvalue weighted by Crippen LogP contribution is -2.55. The largest absolute Gasteiger partial charge is 0.493 e. The number of ether oxygens (including phenoxy) is 1. The zero-order valence-electron chi connectivity index (χ0n) is 33.3. The number of nitrogens with one attached hydrogen (secondary N) is 3. The zero-order valence-corrected chi connectivity index (χ0v) is 34.2. The van der Waals surface area contributed by atoms with Gasteiger partial charge in [-0.2, -0.15) is 18.4 Å². The monoisotopic (exact) mass is 849 g/mol. The van der Waals surface area contributed by atoms with Crippen LogP contribution in [-0.4, -0.2) is 71.3 Å². The number of amides is 4. The predicted molar refractivity (Wildman–Crippen MR) is 220 cm³/mol. The van der Waals surface area contributed by atoms with Crippen molar-refractivity contribution in [2.24, 2.45) is 5.92 Å². The third-order valence-electron chi connectivity index (χ3n) is 12.3. The summed E-state index contributed by atoms with van der Waals surface area (Å²) < 4.78 is 62.6. The average molecular weight is 850 g/mol. The molecule has 1 saturated carbocycles. The summed E-state index contributed by atoms with van der Waals surface area (Å²) in [6.45, 7) is 5.59. The van der Waals surface area contributed by atoms with Crippen LogP contribution >= 0.6 is 12.6 Å². The maximum absolute atomic E-state index is 14.7. The Morgan fingerprint density at radius 3 is 2.43 bits per heavy atom. The fraction of sp³-hybridized carbons (Fsp3) is 0.465. The van der Waals surface area contributed by atoms with Crippen molar-refractivity contribution in [1.82, 2.24) is 10.2 Å². The second-order valence-corrected chi connectivity index (χ2v) is 16.3. The predicted octanol–water partition coefficient (Wildman–Crippen LogP) is 6.99. The molecular weight excluding hydrogens is 803 g/mol. The Labute approximate surface area is 351 Å². The van der Waals surface area contributed by atoms with Gasteiger partial charge in [0.1, 0.15) is 23.1 Å². The Kier molecular flexibility index (Phi) is 12.4. The molecule has 4 aliphatic rings. The number of nitriles is 1. The first-order chi connectivity index (χ1) is 28.6. The van der Waals surface area contributed by atoms with Crippen molar-refractivity contribution < 1.29 is 41.5 Å². The number of halogens is 4. The van der Waals surface area contributed by atoms with Gasteiger partial charge in [0, 0.05) is 23.5 Å². The molecule has 1 spiro atoms. The van der Waals surface area contributed by atoms with Crippen molar-refractivity contribution in [3.63, 3.8) is 0 Å². The lowest BCUT2D eigenvalue weighted by molar-refractivity contribution is -0.138. The van der Waals surface area contributed by atoms with Gasteiger partial charge >= 0.3 is 6.18 Å². The minimum atomic E-state index is -4.77. The van der Waals surface area contributed by atoms with Gasteiger partial charge < -0.3 is 20.3 Å². The fourth-order valence-electron chi connectivity index (χ4n) is 8.62. The molecule has 1 aliphatic carbocycles. The van der Waals surface area contributed by atoms with Crippen LogP contribution in [0, 0.1) is 23.1 Å². The van der Waals surface area contributed by atoms with E-state index >= 15 is 0 Å². The van der Waals surface area contributed by atoms with Crippen LogP contribution in [0.15, 0.2) is 54.6 Å². The maximum atomic E-state index is 14.7. The van der Waals surface area contributed by atoms with E-state index in [1.54, 1.807) is 13.0 Å². The summed E-state index contributed by atoms with van der Waals surface area (Å²) in [5.41, 5.74) is -1.37. The van der Waals surface area contributed by atoms with Gasteiger partial charge in [-0.1, -0.05) is 6.92 Å². The van der Waals surface area contributed by atoms with E-state index in [1.807, 2.05) is 30.0 Å². The number of benzene rings is 3. The number of likely N-dealkylation sites (tertiary alicyclic amines) is 1. The summed E-state index contributed by atoms with van der Waals surface area (Å²) in [5.74, 6) is -1.02. The molecule has 60 heavy (non-hydrogen) atoms. The van der Waals surface area contributed by atoms with Gasteiger partial charge in [0.05, 0.1) is 35.5 Å². The molecule has 3 aromatic carbocycles. The SMILES string of the molecule is CCc1cc(N2[C@@H](S)N(c3ccc(C#N)c(C(F)(F)F)c3)C(=O)C23CCC3)ccc1OCCC1CCN([C@H](C)C(=O)Nc2cc(N[C@@H]3CCC(=O)NC3=O)ccc2F)CC1. The molecule has 3 aliphatic heterocycles. The van der Waals surface area contributed by atoms with Gasteiger partial charge in [-0.25, -0.2) is 4.39 Å². The second-order valence-electron chi connectivity index (χ2n) is 15.9. The van der Waals surface area contributed by atoms with Crippen LogP contribution in [-0.2, 0) is 31.8 Å². The van der Waals surface area contributed by atoms with Gasteiger partial charge in [-0.15, -0.1) is 12.6 Å². The molecule has 0 bridgehead atoms. The minimum absolute atomic E-state index is 0.00871. The van der Waals surface area contributed by atoms with Crippen molar-refractivity contribution in [3.05, 3.63) is 77.1 Å². The van der Waals surface area contributed by atoms with Gasteiger partial charge in [0.15, 0.2) is 5.50 Å². The molecule has 318 valence electrons.